The van der Waals surface area contributed by atoms with E-state index in [1.807, 2.05) is 12.1 Å². The fourth-order valence-electron chi connectivity index (χ4n) is 1.95. The molecule has 2 rings (SSSR count). The summed E-state index contributed by atoms with van der Waals surface area (Å²) in [4.78, 5) is 12.7. The Bertz CT molecular complexity index is 418. The molecule has 1 aliphatic carbocycles. The van der Waals surface area contributed by atoms with Crippen LogP contribution < -0.4 is 5.32 Å². The quantitative estimate of drug-likeness (QED) is 0.816. The lowest BCUT2D eigenvalue weighted by Crippen LogP contribution is -2.27. The van der Waals surface area contributed by atoms with Crippen molar-refractivity contribution in [3.05, 3.63) is 28.2 Å². The molecule has 1 aromatic carbocycles. The fourth-order valence-corrected chi connectivity index (χ4v) is 2.58. The van der Waals surface area contributed by atoms with Gasteiger partial charge in [0.2, 0.25) is 0 Å². The first-order chi connectivity index (χ1) is 8.16. The van der Waals surface area contributed by atoms with Crippen LogP contribution in [-0.4, -0.2) is 12.5 Å². The normalized spacial score (nSPS) is 15.4. The standard InChI is InChI=1S/C13H16BrNOS/c14-12-5-4-10(17)8-11(12)13(16)15-7-6-9-2-1-3-9/h4-5,8-9,17H,1-3,6-7H2,(H,15,16). The van der Waals surface area contributed by atoms with Crippen LogP contribution in [0.3, 0.4) is 0 Å². The summed E-state index contributed by atoms with van der Waals surface area (Å²) in [6.07, 6.45) is 5.10. The van der Waals surface area contributed by atoms with Gasteiger partial charge in [-0.05, 0) is 46.5 Å². The molecule has 1 amide bonds. The van der Waals surface area contributed by atoms with Gasteiger partial charge >= 0.3 is 0 Å². The van der Waals surface area contributed by atoms with Gasteiger partial charge in [0.15, 0.2) is 0 Å². The molecule has 1 saturated carbocycles. The van der Waals surface area contributed by atoms with Crippen molar-refractivity contribution in [2.24, 2.45) is 5.92 Å². The summed E-state index contributed by atoms with van der Waals surface area (Å²) in [6, 6.07) is 5.49. The lowest BCUT2D eigenvalue weighted by atomic mass is 9.83. The highest BCUT2D eigenvalue weighted by Crippen LogP contribution is 2.28. The maximum absolute atomic E-state index is 11.9. The van der Waals surface area contributed by atoms with Crippen LogP contribution >= 0.6 is 28.6 Å². The Morgan fingerprint density at radius 3 is 2.88 bits per heavy atom. The number of halogens is 1. The van der Waals surface area contributed by atoms with Gasteiger partial charge in [-0.1, -0.05) is 19.3 Å². The van der Waals surface area contributed by atoms with Crippen LogP contribution in [0.5, 0.6) is 0 Å². The highest BCUT2D eigenvalue weighted by molar-refractivity contribution is 9.10. The van der Waals surface area contributed by atoms with Crippen LogP contribution in [0.2, 0.25) is 0 Å². The van der Waals surface area contributed by atoms with E-state index in [0.29, 0.717) is 5.56 Å². The molecule has 0 aromatic heterocycles. The molecule has 1 N–H and O–H groups in total. The first-order valence-electron chi connectivity index (χ1n) is 5.93. The number of amides is 1. The minimum absolute atomic E-state index is 0.0212. The van der Waals surface area contributed by atoms with Gasteiger partial charge in [-0.3, -0.25) is 4.79 Å². The van der Waals surface area contributed by atoms with Gasteiger partial charge in [0.1, 0.15) is 0 Å². The van der Waals surface area contributed by atoms with Crippen LogP contribution in [-0.2, 0) is 0 Å². The summed E-state index contributed by atoms with van der Waals surface area (Å²) >= 11 is 7.63. The molecule has 0 spiro atoms. The van der Waals surface area contributed by atoms with Crippen LogP contribution in [0.4, 0.5) is 0 Å². The molecule has 0 unspecified atom stereocenters. The molecule has 0 radical (unpaired) electrons. The van der Waals surface area contributed by atoms with Crippen LogP contribution in [0.1, 0.15) is 36.0 Å². The Labute approximate surface area is 116 Å². The Balaban J connectivity index is 1.87. The van der Waals surface area contributed by atoms with E-state index in [-0.39, 0.29) is 5.91 Å². The van der Waals surface area contributed by atoms with Crippen molar-refractivity contribution >= 4 is 34.5 Å². The number of rotatable bonds is 4. The monoisotopic (exact) mass is 313 g/mol. The molecule has 0 atom stereocenters. The van der Waals surface area contributed by atoms with E-state index in [1.165, 1.54) is 19.3 Å². The van der Waals surface area contributed by atoms with Crippen molar-refractivity contribution < 1.29 is 4.79 Å². The van der Waals surface area contributed by atoms with Crippen molar-refractivity contribution in [2.75, 3.05) is 6.54 Å². The maximum Gasteiger partial charge on any atom is 0.252 e. The molecule has 17 heavy (non-hydrogen) atoms. The molecule has 0 saturated heterocycles. The van der Waals surface area contributed by atoms with E-state index >= 15 is 0 Å². The Kier molecular flexibility index (Phi) is 4.51. The third-order valence-electron chi connectivity index (χ3n) is 3.26. The molecule has 92 valence electrons. The number of benzene rings is 1. The number of carbonyl (C=O) groups excluding carboxylic acids is 1. The molecule has 4 heteroatoms. The van der Waals surface area contributed by atoms with Gasteiger partial charge in [-0.2, -0.15) is 0 Å². The summed E-state index contributed by atoms with van der Waals surface area (Å²) in [6.45, 7) is 0.771. The molecule has 1 aromatic rings. The summed E-state index contributed by atoms with van der Waals surface area (Å²) in [5, 5.41) is 2.96. The molecule has 1 fully saturated rings. The van der Waals surface area contributed by atoms with E-state index in [1.54, 1.807) is 6.07 Å². The van der Waals surface area contributed by atoms with E-state index in [9.17, 15) is 4.79 Å². The molecule has 0 bridgehead atoms. The second-order valence-corrected chi connectivity index (χ2v) is 5.88. The predicted molar refractivity (Wildman–Crippen MR) is 75.7 cm³/mol. The molecular formula is C13H16BrNOS. The minimum Gasteiger partial charge on any atom is -0.352 e. The van der Waals surface area contributed by atoms with E-state index in [0.717, 1.165) is 28.3 Å². The third-order valence-corrected chi connectivity index (χ3v) is 4.23. The van der Waals surface area contributed by atoms with Crippen molar-refractivity contribution in [1.82, 2.24) is 5.32 Å². The van der Waals surface area contributed by atoms with Crippen LogP contribution in [0.15, 0.2) is 27.6 Å². The van der Waals surface area contributed by atoms with Gasteiger partial charge in [-0.15, -0.1) is 12.6 Å². The molecule has 1 aliphatic rings. The van der Waals surface area contributed by atoms with Gasteiger partial charge in [0.25, 0.3) is 5.91 Å². The van der Waals surface area contributed by atoms with Crippen LogP contribution in [0.25, 0.3) is 0 Å². The third kappa shape index (κ3) is 3.49. The summed E-state index contributed by atoms with van der Waals surface area (Å²) < 4.78 is 0.816. The number of nitrogens with one attached hydrogen (secondary N) is 1. The molecular weight excluding hydrogens is 298 g/mol. The SMILES string of the molecule is O=C(NCCC1CCC1)c1cc(S)ccc1Br. The van der Waals surface area contributed by atoms with Crippen molar-refractivity contribution in [1.29, 1.82) is 0 Å². The number of carbonyl (C=O) groups is 1. The average molecular weight is 314 g/mol. The fraction of sp³-hybridized carbons (Fsp3) is 0.462. The summed E-state index contributed by atoms with van der Waals surface area (Å²) in [5.74, 6) is 0.807. The van der Waals surface area contributed by atoms with Crippen molar-refractivity contribution in [3.8, 4) is 0 Å². The number of hydrogen-bond acceptors (Lipinski definition) is 2. The summed E-state index contributed by atoms with van der Waals surface area (Å²) in [7, 11) is 0. The lowest BCUT2D eigenvalue weighted by Gasteiger charge is -2.25. The highest BCUT2D eigenvalue weighted by Gasteiger charge is 2.17. The van der Waals surface area contributed by atoms with Gasteiger partial charge in [-0.25, -0.2) is 0 Å². The average Bonchev–Trinajstić information content (AvgIpc) is 2.25. The molecule has 0 aliphatic heterocycles. The zero-order valence-corrected chi connectivity index (χ0v) is 12.1. The van der Waals surface area contributed by atoms with Crippen molar-refractivity contribution in [2.45, 2.75) is 30.6 Å². The van der Waals surface area contributed by atoms with E-state index < -0.39 is 0 Å². The Morgan fingerprint density at radius 2 is 2.24 bits per heavy atom. The number of hydrogen-bond donors (Lipinski definition) is 2. The lowest BCUT2D eigenvalue weighted by molar-refractivity contribution is 0.0948. The van der Waals surface area contributed by atoms with Gasteiger partial charge < -0.3 is 5.32 Å². The predicted octanol–water partition coefficient (Wildman–Crippen LogP) is 3.66. The first kappa shape index (κ1) is 13.0. The maximum atomic E-state index is 11.9. The second kappa shape index (κ2) is 5.91. The molecule has 0 heterocycles. The van der Waals surface area contributed by atoms with Crippen LogP contribution in [0, 0.1) is 5.92 Å². The summed E-state index contributed by atoms with van der Waals surface area (Å²) in [5.41, 5.74) is 0.658. The van der Waals surface area contributed by atoms with E-state index in [2.05, 4.69) is 33.9 Å². The minimum atomic E-state index is -0.0212. The Hall–Kier alpha value is -0.480. The van der Waals surface area contributed by atoms with Gasteiger partial charge in [0.05, 0.1) is 5.56 Å². The number of thiol groups is 1. The topological polar surface area (TPSA) is 29.1 Å². The van der Waals surface area contributed by atoms with E-state index in [4.69, 9.17) is 0 Å². The highest BCUT2D eigenvalue weighted by atomic mass is 79.9. The Morgan fingerprint density at radius 1 is 1.47 bits per heavy atom. The second-order valence-electron chi connectivity index (χ2n) is 4.51. The zero-order valence-electron chi connectivity index (χ0n) is 9.58. The molecule has 2 nitrogen and oxygen atoms in total. The van der Waals surface area contributed by atoms with Crippen molar-refractivity contribution in [3.63, 3.8) is 0 Å². The first-order valence-corrected chi connectivity index (χ1v) is 7.17. The zero-order chi connectivity index (χ0) is 12.3. The smallest absolute Gasteiger partial charge is 0.252 e. The van der Waals surface area contributed by atoms with Gasteiger partial charge in [0, 0.05) is 15.9 Å². The largest absolute Gasteiger partial charge is 0.352 e.